The summed E-state index contributed by atoms with van der Waals surface area (Å²) in [5.74, 6) is 2.05. The Kier molecular flexibility index (Phi) is 6.43. The standard InChI is InChI=1S/C20H27N5O2S/c1-6-27-11-16-23-17-18(24-16)20(21)22-12(2)19(17)28-14-8-7-13(10-25(3)4)15(9-14)26-5/h7-9H,6,10-11H2,1-5H3,(H2,21,22)(H,23,24). The minimum absolute atomic E-state index is 0.417. The van der Waals surface area contributed by atoms with E-state index in [0.29, 0.717) is 24.5 Å². The Morgan fingerprint density at radius 3 is 2.71 bits per heavy atom. The van der Waals surface area contributed by atoms with Crippen molar-refractivity contribution < 1.29 is 9.47 Å². The lowest BCUT2D eigenvalue weighted by Gasteiger charge is -2.15. The summed E-state index contributed by atoms with van der Waals surface area (Å²) in [5.41, 5.74) is 9.68. The molecule has 0 saturated carbocycles. The summed E-state index contributed by atoms with van der Waals surface area (Å²) in [4.78, 5) is 16.6. The van der Waals surface area contributed by atoms with Crippen LogP contribution in [0.4, 0.5) is 5.82 Å². The molecule has 8 heteroatoms. The zero-order chi connectivity index (χ0) is 20.3. The van der Waals surface area contributed by atoms with Gasteiger partial charge in [-0.2, -0.15) is 0 Å². The molecule has 0 spiro atoms. The maximum atomic E-state index is 6.10. The van der Waals surface area contributed by atoms with Crippen molar-refractivity contribution in [1.82, 2.24) is 19.9 Å². The molecule has 0 bridgehead atoms. The first-order valence-corrected chi connectivity index (χ1v) is 9.96. The van der Waals surface area contributed by atoms with E-state index in [4.69, 9.17) is 15.2 Å². The molecule has 3 N–H and O–H groups in total. The predicted octanol–water partition coefficient (Wildman–Crippen LogP) is 3.61. The van der Waals surface area contributed by atoms with E-state index in [1.807, 2.05) is 27.9 Å². The summed E-state index contributed by atoms with van der Waals surface area (Å²) in [6.07, 6.45) is 0. The molecule has 7 nitrogen and oxygen atoms in total. The number of methoxy groups -OCH3 is 1. The summed E-state index contributed by atoms with van der Waals surface area (Å²) in [6, 6.07) is 6.26. The highest BCUT2D eigenvalue weighted by atomic mass is 32.2. The Hall–Kier alpha value is -2.29. The SMILES string of the molecule is CCOCc1nc2c(N)nc(C)c(Sc3ccc(CN(C)C)c(OC)c3)c2[nH]1. The van der Waals surface area contributed by atoms with Crippen molar-refractivity contribution in [2.75, 3.05) is 33.5 Å². The molecule has 0 saturated heterocycles. The highest BCUT2D eigenvalue weighted by Crippen LogP contribution is 2.38. The second-order valence-electron chi connectivity index (χ2n) is 6.77. The number of rotatable bonds is 8. The van der Waals surface area contributed by atoms with Crippen LogP contribution in [0.2, 0.25) is 0 Å². The maximum Gasteiger partial charge on any atom is 0.151 e. The molecule has 0 aliphatic heterocycles. The van der Waals surface area contributed by atoms with Crippen LogP contribution in [-0.4, -0.2) is 47.7 Å². The van der Waals surface area contributed by atoms with Gasteiger partial charge in [-0.3, -0.25) is 0 Å². The minimum Gasteiger partial charge on any atom is -0.496 e. The average Bonchev–Trinajstić information content (AvgIpc) is 3.08. The Morgan fingerprint density at radius 2 is 2.04 bits per heavy atom. The second-order valence-corrected chi connectivity index (χ2v) is 7.85. The van der Waals surface area contributed by atoms with Crippen molar-refractivity contribution in [3.63, 3.8) is 0 Å². The van der Waals surface area contributed by atoms with Crippen molar-refractivity contribution in [2.45, 2.75) is 36.8 Å². The smallest absolute Gasteiger partial charge is 0.151 e. The summed E-state index contributed by atoms with van der Waals surface area (Å²) in [5, 5.41) is 0. The quantitative estimate of drug-likeness (QED) is 0.596. The molecule has 0 aliphatic rings. The third-order valence-corrected chi connectivity index (χ3v) is 5.44. The van der Waals surface area contributed by atoms with Crippen molar-refractivity contribution in [3.05, 3.63) is 35.3 Å². The maximum absolute atomic E-state index is 6.10. The number of aromatic nitrogens is 3. The number of nitrogens with two attached hydrogens (primary N) is 1. The van der Waals surface area contributed by atoms with Crippen LogP contribution in [0.3, 0.4) is 0 Å². The van der Waals surface area contributed by atoms with Gasteiger partial charge in [0.25, 0.3) is 0 Å². The number of nitrogens with zero attached hydrogens (tertiary/aromatic N) is 3. The number of fused-ring (bicyclic) bond motifs is 1. The summed E-state index contributed by atoms with van der Waals surface area (Å²) in [6.45, 7) is 5.78. The van der Waals surface area contributed by atoms with Crippen LogP contribution in [0.15, 0.2) is 28.0 Å². The third kappa shape index (κ3) is 4.40. The van der Waals surface area contributed by atoms with Gasteiger partial charge in [0.1, 0.15) is 23.7 Å². The van der Waals surface area contributed by atoms with Crippen LogP contribution in [0.5, 0.6) is 5.75 Å². The molecule has 0 amide bonds. The number of aryl methyl sites for hydroxylation is 1. The van der Waals surface area contributed by atoms with Gasteiger partial charge in [-0.05, 0) is 40.1 Å². The van der Waals surface area contributed by atoms with E-state index in [0.717, 1.165) is 44.7 Å². The first kappa shape index (κ1) is 20.4. The molecular formula is C20H27N5O2S. The van der Waals surface area contributed by atoms with Crippen molar-refractivity contribution in [2.24, 2.45) is 0 Å². The largest absolute Gasteiger partial charge is 0.496 e. The zero-order valence-electron chi connectivity index (χ0n) is 17.0. The number of nitrogen functional groups attached to an aromatic ring is 1. The first-order valence-electron chi connectivity index (χ1n) is 9.14. The molecule has 1 aromatic carbocycles. The minimum atomic E-state index is 0.417. The number of benzene rings is 1. The number of H-pyrrole nitrogens is 1. The molecule has 3 aromatic rings. The van der Waals surface area contributed by atoms with Crippen LogP contribution < -0.4 is 10.5 Å². The van der Waals surface area contributed by atoms with E-state index in [9.17, 15) is 0 Å². The van der Waals surface area contributed by atoms with Gasteiger partial charge < -0.3 is 25.1 Å². The van der Waals surface area contributed by atoms with Crippen LogP contribution in [0.25, 0.3) is 11.0 Å². The van der Waals surface area contributed by atoms with Gasteiger partial charge in [0.15, 0.2) is 5.82 Å². The fourth-order valence-electron chi connectivity index (χ4n) is 3.01. The number of aromatic amines is 1. The fraction of sp³-hybridized carbons (Fsp3) is 0.400. The monoisotopic (exact) mass is 401 g/mol. The Labute approximate surface area is 169 Å². The molecule has 150 valence electrons. The number of hydrogen-bond donors (Lipinski definition) is 2. The van der Waals surface area contributed by atoms with Crippen LogP contribution in [0, 0.1) is 6.92 Å². The van der Waals surface area contributed by atoms with Gasteiger partial charge >= 0.3 is 0 Å². The van der Waals surface area contributed by atoms with E-state index in [-0.39, 0.29) is 0 Å². The van der Waals surface area contributed by atoms with Gasteiger partial charge in [-0.1, -0.05) is 17.8 Å². The lowest BCUT2D eigenvalue weighted by atomic mass is 10.2. The van der Waals surface area contributed by atoms with Crippen LogP contribution in [0.1, 0.15) is 24.0 Å². The highest BCUT2D eigenvalue weighted by Gasteiger charge is 2.17. The van der Waals surface area contributed by atoms with E-state index in [1.165, 1.54) is 0 Å². The summed E-state index contributed by atoms with van der Waals surface area (Å²) in [7, 11) is 5.78. The second kappa shape index (κ2) is 8.81. The molecule has 0 atom stereocenters. The van der Waals surface area contributed by atoms with E-state index in [2.05, 4.69) is 38.1 Å². The predicted molar refractivity (Wildman–Crippen MR) is 113 cm³/mol. The first-order chi connectivity index (χ1) is 13.4. The molecule has 3 rings (SSSR count). The number of imidazole rings is 1. The number of ether oxygens (including phenoxy) is 2. The lowest BCUT2D eigenvalue weighted by Crippen LogP contribution is -2.11. The lowest BCUT2D eigenvalue weighted by molar-refractivity contribution is 0.129. The number of hydrogen-bond acceptors (Lipinski definition) is 7. The molecule has 2 aromatic heterocycles. The molecule has 0 aliphatic carbocycles. The highest BCUT2D eigenvalue weighted by molar-refractivity contribution is 7.99. The number of anilines is 1. The van der Waals surface area contributed by atoms with Gasteiger partial charge in [-0.15, -0.1) is 0 Å². The van der Waals surface area contributed by atoms with Crippen LogP contribution >= 0.6 is 11.8 Å². The van der Waals surface area contributed by atoms with Gasteiger partial charge in [-0.25, -0.2) is 9.97 Å². The summed E-state index contributed by atoms with van der Waals surface area (Å²) < 4.78 is 11.1. The van der Waals surface area contributed by atoms with Gasteiger partial charge in [0.2, 0.25) is 0 Å². The zero-order valence-corrected chi connectivity index (χ0v) is 17.8. The van der Waals surface area contributed by atoms with Crippen molar-refractivity contribution >= 4 is 28.6 Å². The fourth-order valence-corrected chi connectivity index (χ4v) is 3.99. The normalized spacial score (nSPS) is 11.5. The third-order valence-electron chi connectivity index (χ3n) is 4.25. The van der Waals surface area contributed by atoms with Crippen LogP contribution in [-0.2, 0) is 17.9 Å². The molecule has 2 heterocycles. The van der Waals surface area contributed by atoms with Gasteiger partial charge in [0.05, 0.1) is 23.2 Å². The average molecular weight is 402 g/mol. The molecule has 0 radical (unpaired) electrons. The molecular weight excluding hydrogens is 374 g/mol. The number of nitrogens with one attached hydrogen (secondary N) is 1. The topological polar surface area (TPSA) is 89.3 Å². The molecule has 0 fully saturated rings. The van der Waals surface area contributed by atoms with Gasteiger partial charge in [0, 0.05) is 23.6 Å². The number of pyridine rings is 1. The van der Waals surface area contributed by atoms with E-state index in [1.54, 1.807) is 18.9 Å². The molecule has 0 unspecified atom stereocenters. The Balaban J connectivity index is 1.98. The molecule has 28 heavy (non-hydrogen) atoms. The summed E-state index contributed by atoms with van der Waals surface area (Å²) >= 11 is 1.62. The Morgan fingerprint density at radius 1 is 1.25 bits per heavy atom. The van der Waals surface area contributed by atoms with E-state index < -0.39 is 0 Å². The van der Waals surface area contributed by atoms with E-state index >= 15 is 0 Å². The Bertz CT molecular complexity index is 971. The van der Waals surface area contributed by atoms with Crippen molar-refractivity contribution in [1.29, 1.82) is 0 Å². The van der Waals surface area contributed by atoms with Crippen molar-refractivity contribution in [3.8, 4) is 5.75 Å².